The van der Waals surface area contributed by atoms with Crippen LogP contribution < -0.4 is 5.32 Å². The van der Waals surface area contributed by atoms with E-state index in [0.717, 1.165) is 11.6 Å². The van der Waals surface area contributed by atoms with Crippen molar-refractivity contribution >= 4 is 5.69 Å². The minimum absolute atomic E-state index is 0.540. The molecule has 0 radical (unpaired) electrons. The molecule has 0 aromatic carbocycles. The average molecular weight is 177 g/mol. The number of nitrogens with zero attached hydrogens (tertiary/aromatic N) is 2. The quantitative estimate of drug-likeness (QED) is 0.765. The highest BCUT2D eigenvalue weighted by Gasteiger charge is 2.23. The van der Waals surface area contributed by atoms with Gasteiger partial charge in [0.1, 0.15) is 6.33 Å². The number of aromatic nitrogens is 2. The molecular formula is C10H15N3. The Balaban J connectivity index is 1.82. The molecule has 1 saturated carbocycles. The zero-order valence-electron chi connectivity index (χ0n) is 7.90. The van der Waals surface area contributed by atoms with E-state index in [-0.39, 0.29) is 0 Å². The Bertz CT molecular complexity index is 256. The summed E-state index contributed by atoms with van der Waals surface area (Å²) in [5, 5.41) is 3.39. The van der Waals surface area contributed by atoms with Crippen molar-refractivity contribution in [2.45, 2.75) is 32.2 Å². The Morgan fingerprint density at radius 3 is 2.77 bits per heavy atom. The van der Waals surface area contributed by atoms with Gasteiger partial charge in [-0.3, -0.25) is 0 Å². The number of hydrogen-bond acceptors (Lipinski definition) is 3. The maximum absolute atomic E-state index is 3.96. The molecule has 0 unspecified atom stereocenters. The molecule has 0 saturated heterocycles. The normalized spacial score (nSPS) is 18.2. The van der Waals surface area contributed by atoms with Gasteiger partial charge in [-0.15, -0.1) is 0 Å². The van der Waals surface area contributed by atoms with Gasteiger partial charge in [-0.05, 0) is 19.3 Å². The van der Waals surface area contributed by atoms with Gasteiger partial charge in [-0.1, -0.05) is 12.8 Å². The lowest BCUT2D eigenvalue weighted by molar-refractivity contribution is 0.641. The Labute approximate surface area is 78.6 Å². The summed E-state index contributed by atoms with van der Waals surface area (Å²) in [6, 6.07) is 0.540. The van der Waals surface area contributed by atoms with Crippen LogP contribution in [0.15, 0.2) is 18.7 Å². The van der Waals surface area contributed by atoms with Crippen LogP contribution in [0, 0.1) is 5.92 Å². The minimum Gasteiger partial charge on any atom is -0.380 e. The summed E-state index contributed by atoms with van der Waals surface area (Å²) in [6.45, 7) is 2.21. The fourth-order valence-electron chi connectivity index (χ4n) is 1.57. The standard InChI is InChI=1S/C10H15N3/c1-8(4-9-2-3-9)13-10-5-11-7-12-6-10/h5-9,13H,2-4H2,1H3/t8-/m1/s1. The van der Waals surface area contributed by atoms with Crippen molar-refractivity contribution in [2.24, 2.45) is 5.92 Å². The van der Waals surface area contributed by atoms with Gasteiger partial charge in [-0.2, -0.15) is 0 Å². The van der Waals surface area contributed by atoms with E-state index in [1.807, 2.05) is 12.4 Å². The molecule has 1 atom stereocenters. The molecule has 0 bridgehead atoms. The minimum atomic E-state index is 0.540. The maximum atomic E-state index is 3.96. The van der Waals surface area contributed by atoms with Gasteiger partial charge in [0.2, 0.25) is 0 Å². The summed E-state index contributed by atoms with van der Waals surface area (Å²) in [5.74, 6) is 0.965. The Morgan fingerprint density at radius 1 is 1.46 bits per heavy atom. The highest BCUT2D eigenvalue weighted by Crippen LogP contribution is 2.33. The fraction of sp³-hybridized carbons (Fsp3) is 0.600. The zero-order valence-corrected chi connectivity index (χ0v) is 7.90. The average Bonchev–Trinajstić information content (AvgIpc) is 2.90. The molecule has 1 aromatic rings. The lowest BCUT2D eigenvalue weighted by atomic mass is 10.1. The first-order valence-electron chi connectivity index (χ1n) is 4.86. The van der Waals surface area contributed by atoms with Gasteiger partial charge in [0.05, 0.1) is 18.1 Å². The zero-order chi connectivity index (χ0) is 9.10. The van der Waals surface area contributed by atoms with Crippen LogP contribution in [0.4, 0.5) is 5.69 Å². The van der Waals surface area contributed by atoms with Gasteiger partial charge in [-0.25, -0.2) is 9.97 Å². The highest BCUT2D eigenvalue weighted by molar-refractivity contribution is 5.38. The van der Waals surface area contributed by atoms with Crippen LogP contribution in [0.3, 0.4) is 0 Å². The molecule has 13 heavy (non-hydrogen) atoms. The predicted molar refractivity (Wildman–Crippen MR) is 52.5 cm³/mol. The molecule has 1 aromatic heterocycles. The molecular weight excluding hydrogens is 162 g/mol. The van der Waals surface area contributed by atoms with Crippen molar-refractivity contribution in [3.05, 3.63) is 18.7 Å². The fourth-order valence-corrected chi connectivity index (χ4v) is 1.57. The van der Waals surface area contributed by atoms with Gasteiger partial charge < -0.3 is 5.32 Å². The summed E-state index contributed by atoms with van der Waals surface area (Å²) in [4.78, 5) is 7.92. The third kappa shape index (κ3) is 2.68. The molecule has 70 valence electrons. The van der Waals surface area contributed by atoms with E-state index in [1.54, 1.807) is 6.33 Å². The Hall–Kier alpha value is -1.12. The molecule has 1 N–H and O–H groups in total. The number of nitrogens with one attached hydrogen (secondary N) is 1. The number of hydrogen-bond donors (Lipinski definition) is 1. The van der Waals surface area contributed by atoms with E-state index >= 15 is 0 Å². The molecule has 2 rings (SSSR count). The second kappa shape index (κ2) is 3.73. The van der Waals surface area contributed by atoms with Gasteiger partial charge >= 0.3 is 0 Å². The van der Waals surface area contributed by atoms with E-state index < -0.39 is 0 Å². The molecule has 3 heteroatoms. The van der Waals surface area contributed by atoms with Gasteiger partial charge in [0.15, 0.2) is 0 Å². The first-order valence-corrected chi connectivity index (χ1v) is 4.86. The van der Waals surface area contributed by atoms with Crippen LogP contribution in [0.2, 0.25) is 0 Å². The van der Waals surface area contributed by atoms with Crippen LogP contribution in [0.5, 0.6) is 0 Å². The van der Waals surface area contributed by atoms with E-state index in [2.05, 4.69) is 22.2 Å². The molecule has 0 spiro atoms. The first kappa shape index (κ1) is 8.48. The third-order valence-electron chi connectivity index (χ3n) is 2.36. The summed E-state index contributed by atoms with van der Waals surface area (Å²) >= 11 is 0. The highest BCUT2D eigenvalue weighted by atomic mass is 15.0. The van der Waals surface area contributed by atoms with Crippen molar-refractivity contribution < 1.29 is 0 Å². The van der Waals surface area contributed by atoms with E-state index in [9.17, 15) is 0 Å². The SMILES string of the molecule is C[C@H](CC1CC1)Nc1cncnc1. The van der Waals surface area contributed by atoms with Crippen molar-refractivity contribution in [1.29, 1.82) is 0 Å². The molecule has 1 fully saturated rings. The smallest absolute Gasteiger partial charge is 0.115 e. The molecule has 3 nitrogen and oxygen atoms in total. The van der Waals surface area contributed by atoms with Gasteiger partial charge in [0.25, 0.3) is 0 Å². The molecule has 0 aliphatic heterocycles. The van der Waals surface area contributed by atoms with E-state index in [0.29, 0.717) is 6.04 Å². The topological polar surface area (TPSA) is 37.8 Å². The van der Waals surface area contributed by atoms with Crippen LogP contribution in [0.1, 0.15) is 26.2 Å². The van der Waals surface area contributed by atoms with Crippen molar-refractivity contribution in [2.75, 3.05) is 5.32 Å². The number of anilines is 1. The summed E-state index contributed by atoms with van der Waals surface area (Å²) in [6.07, 6.45) is 9.28. The second-order valence-corrected chi connectivity index (χ2v) is 3.85. The van der Waals surface area contributed by atoms with Gasteiger partial charge in [0, 0.05) is 6.04 Å². The first-order chi connectivity index (χ1) is 6.34. The van der Waals surface area contributed by atoms with Crippen LogP contribution in [0.25, 0.3) is 0 Å². The van der Waals surface area contributed by atoms with Crippen LogP contribution in [-0.2, 0) is 0 Å². The second-order valence-electron chi connectivity index (χ2n) is 3.85. The monoisotopic (exact) mass is 177 g/mol. The lowest BCUT2D eigenvalue weighted by Crippen LogP contribution is -2.15. The largest absolute Gasteiger partial charge is 0.380 e. The summed E-state index contributed by atoms with van der Waals surface area (Å²) in [7, 11) is 0. The number of rotatable bonds is 4. The summed E-state index contributed by atoms with van der Waals surface area (Å²) < 4.78 is 0. The van der Waals surface area contributed by atoms with Crippen molar-refractivity contribution in [3.8, 4) is 0 Å². The molecule has 1 aliphatic carbocycles. The lowest BCUT2D eigenvalue weighted by Gasteiger charge is -2.13. The Kier molecular flexibility index (Phi) is 2.43. The van der Waals surface area contributed by atoms with E-state index in [4.69, 9.17) is 0 Å². The molecule has 1 aliphatic rings. The van der Waals surface area contributed by atoms with E-state index in [1.165, 1.54) is 19.3 Å². The van der Waals surface area contributed by atoms with Crippen LogP contribution in [-0.4, -0.2) is 16.0 Å². The maximum Gasteiger partial charge on any atom is 0.115 e. The third-order valence-corrected chi connectivity index (χ3v) is 2.36. The molecule has 0 amide bonds. The predicted octanol–water partition coefficient (Wildman–Crippen LogP) is 2.08. The Morgan fingerprint density at radius 2 is 2.15 bits per heavy atom. The van der Waals surface area contributed by atoms with Crippen LogP contribution >= 0.6 is 0 Å². The molecule has 1 heterocycles. The van der Waals surface area contributed by atoms with Crippen molar-refractivity contribution in [1.82, 2.24) is 9.97 Å². The summed E-state index contributed by atoms with van der Waals surface area (Å²) in [5.41, 5.74) is 1.02. The van der Waals surface area contributed by atoms with Crippen molar-refractivity contribution in [3.63, 3.8) is 0 Å².